The first kappa shape index (κ1) is 64.8. The average molecular weight is 656 g/mol. The first-order chi connectivity index (χ1) is 3.00. The van der Waals surface area contributed by atoms with Crippen LogP contribution in [-0.2, 0) is 69.5 Å². The van der Waals surface area contributed by atoms with Gasteiger partial charge in [-0.25, -0.2) is 0 Å². The molecule has 0 aromatic heterocycles. The first-order valence-corrected chi connectivity index (χ1v) is 4.09. The predicted octanol–water partition coefficient (Wildman–Crippen LogP) is 0.791. The third kappa shape index (κ3) is 377. The van der Waals surface area contributed by atoms with Crippen molar-refractivity contribution in [2.45, 2.75) is 0 Å². The van der Waals surface area contributed by atoms with E-state index in [1.54, 1.807) is 0 Å². The number of hydrogen-bond donors (Lipinski definition) is 0. The molecule has 0 aliphatic rings. The Morgan fingerprint density at radius 3 is 0.400 bits per heavy atom. The van der Waals surface area contributed by atoms with Crippen molar-refractivity contribution in [1.29, 1.82) is 0 Å². The van der Waals surface area contributed by atoms with Gasteiger partial charge in [-0.3, -0.25) is 0 Å². The topological polar surface area (TPSA) is 173 Å². The zero-order chi connectivity index (χ0) is 6.00. The van der Waals surface area contributed by atoms with Gasteiger partial charge in [-0.05, 0) is 0 Å². The van der Waals surface area contributed by atoms with Crippen LogP contribution >= 0.6 is 0 Å². The number of nitrogens with zero attached hydrogens (tertiary/aromatic N) is 4. The zero-order valence-corrected chi connectivity index (χ0v) is 13.0. The fourth-order valence-electron chi connectivity index (χ4n) is 0. The predicted molar refractivity (Wildman–Crippen MR) is 15.5 cm³/mol. The van der Waals surface area contributed by atoms with Gasteiger partial charge in [0.1, 0.15) is 0 Å². The molecular weight excluding hydrogens is 656 g/mol. The normalized spacial score (nSPS) is 1.80. The Morgan fingerprint density at radius 2 is 0.400 bits per heavy atom. The summed E-state index contributed by atoms with van der Waals surface area (Å²) < 4.78 is 25.0. The molecule has 0 amide bonds. The molecule has 0 unspecified atom stereocenters. The van der Waals surface area contributed by atoms with E-state index in [0.717, 1.165) is 0 Å². The second-order valence-electron chi connectivity index (χ2n) is 0. The van der Waals surface area contributed by atoms with E-state index >= 15 is 0 Å². The van der Waals surface area contributed by atoms with Gasteiger partial charge in [0.25, 0.3) is 0 Å². The van der Waals surface area contributed by atoms with Gasteiger partial charge in [-0.2, -0.15) is 0 Å². The summed E-state index contributed by atoms with van der Waals surface area (Å²) >= 11 is 1.000. The second-order valence-corrected chi connectivity index (χ2v) is 0. The molecule has 10 heteroatoms. The van der Waals surface area contributed by atoms with Crippen molar-refractivity contribution in [2.24, 2.45) is 0 Å². The molecule has 0 N–H and O–H groups in total. The minimum atomic E-state index is 0. The van der Waals surface area contributed by atoms with Crippen molar-refractivity contribution in [1.82, 2.24) is 0 Å². The fraction of sp³-hybridized carbons (Fsp3) is 0. The van der Waals surface area contributed by atoms with Crippen LogP contribution in [0.3, 0.4) is 0 Å². The van der Waals surface area contributed by atoms with Crippen LogP contribution in [0.1, 0.15) is 0 Å². The van der Waals surface area contributed by atoms with Crippen LogP contribution in [0.5, 0.6) is 0 Å². The van der Waals surface area contributed by atoms with Crippen LogP contribution < -0.4 is 0 Å². The molecule has 0 spiro atoms. The van der Waals surface area contributed by atoms with Crippen molar-refractivity contribution in [3.8, 4) is 0 Å². The van der Waals surface area contributed by atoms with E-state index in [2.05, 4.69) is 0 Å². The summed E-state index contributed by atoms with van der Waals surface area (Å²) in [6, 6.07) is 0. The summed E-state index contributed by atoms with van der Waals surface area (Å²) in [4.78, 5) is 0. The van der Waals surface area contributed by atoms with Gasteiger partial charge in [0.2, 0.25) is 0 Å². The van der Waals surface area contributed by atoms with E-state index in [1.165, 1.54) is 0 Å². The van der Waals surface area contributed by atoms with Crippen LogP contribution in [-0.4, -0.2) is 0 Å². The van der Waals surface area contributed by atoms with Crippen molar-refractivity contribution in [3.63, 3.8) is 0 Å². The third-order valence-corrected chi connectivity index (χ3v) is 0. The third-order valence-electron chi connectivity index (χ3n) is 0. The van der Waals surface area contributed by atoms with E-state index in [0.29, 0.717) is 59.3 Å². The van der Waals surface area contributed by atoms with Crippen LogP contribution in [0.4, 0.5) is 0 Å². The average Bonchev–Trinajstić information content (AvgIpc) is 1.81. The minimum absolute atomic E-state index is 0. The Morgan fingerprint density at radius 1 is 0.400 bits per heavy atom. The van der Waals surface area contributed by atoms with Crippen molar-refractivity contribution in [3.05, 3.63) is 24.6 Å². The molecular formula is N4O3W3. The maximum atomic E-state index is 8.33. The standard InChI is InChI=1S/4N.3O.3W/q4*-3;;;;3*+4. The molecule has 0 saturated heterocycles. The molecule has 0 aromatic carbocycles. The SMILES string of the molecule is [N-3].[N-3].[N-3].[N-3].[O]=[W+4].[O]=[W+4].[O]=[W+4]. The van der Waals surface area contributed by atoms with Gasteiger partial charge in [0.15, 0.2) is 0 Å². The molecule has 0 atom stereocenters. The van der Waals surface area contributed by atoms with E-state index in [-0.39, 0.29) is 24.6 Å². The van der Waals surface area contributed by atoms with Gasteiger partial charge in [-0.15, -0.1) is 0 Å². The van der Waals surface area contributed by atoms with Gasteiger partial charge in [0, 0.05) is 0 Å². The summed E-state index contributed by atoms with van der Waals surface area (Å²) in [5.41, 5.74) is 0. The van der Waals surface area contributed by atoms with Gasteiger partial charge in [0.05, 0.1) is 0 Å². The molecule has 0 aliphatic heterocycles. The number of rotatable bonds is 0. The molecule has 0 rings (SSSR count). The summed E-state index contributed by atoms with van der Waals surface area (Å²) in [6.07, 6.45) is 0. The summed E-state index contributed by atoms with van der Waals surface area (Å²) in [6.45, 7) is 0. The van der Waals surface area contributed by atoms with Crippen LogP contribution in [0.15, 0.2) is 0 Å². The van der Waals surface area contributed by atoms with E-state index in [9.17, 15) is 0 Å². The Bertz CT molecular complexity index is 20.5. The molecule has 0 heterocycles. The first-order valence-electron chi connectivity index (χ1n) is 0.500. The van der Waals surface area contributed by atoms with Crippen LogP contribution in [0.25, 0.3) is 24.6 Å². The Labute approximate surface area is 93.4 Å². The van der Waals surface area contributed by atoms with E-state index in [4.69, 9.17) is 10.2 Å². The molecule has 7 nitrogen and oxygen atoms in total. The molecule has 10 heavy (non-hydrogen) atoms. The molecule has 0 aromatic rings. The fourth-order valence-corrected chi connectivity index (χ4v) is 0. The second kappa shape index (κ2) is 524. The molecule has 56 valence electrons. The molecule has 0 saturated carbocycles. The number of hydrogen-bond acceptors (Lipinski definition) is 3. The van der Waals surface area contributed by atoms with Crippen LogP contribution in [0.2, 0.25) is 0 Å². The summed E-state index contributed by atoms with van der Waals surface area (Å²) in [5.74, 6) is 0. The van der Waals surface area contributed by atoms with Crippen LogP contribution in [0, 0.1) is 0 Å². The Kier molecular flexibility index (Phi) is 3390. The van der Waals surface area contributed by atoms with Gasteiger partial charge >= 0.3 is 69.5 Å². The van der Waals surface area contributed by atoms with Crippen molar-refractivity contribution < 1.29 is 69.5 Å². The van der Waals surface area contributed by atoms with Gasteiger partial charge < -0.3 is 24.6 Å². The summed E-state index contributed by atoms with van der Waals surface area (Å²) in [7, 11) is 0. The zero-order valence-electron chi connectivity index (χ0n) is 4.24. The Balaban J connectivity index is -0.00000000225. The molecule has 0 radical (unpaired) electrons. The van der Waals surface area contributed by atoms with E-state index in [1.807, 2.05) is 0 Å². The summed E-state index contributed by atoms with van der Waals surface area (Å²) in [5, 5.41) is 0. The van der Waals surface area contributed by atoms with Gasteiger partial charge in [-0.1, -0.05) is 0 Å². The molecule has 0 bridgehead atoms. The van der Waals surface area contributed by atoms with Crippen molar-refractivity contribution >= 4 is 0 Å². The Hall–Kier alpha value is 1.30. The monoisotopic (exact) mass is 656 g/mol. The molecule has 0 aliphatic carbocycles. The maximum absolute atomic E-state index is 8.33. The molecule has 0 fully saturated rings. The van der Waals surface area contributed by atoms with Crippen molar-refractivity contribution in [2.75, 3.05) is 0 Å². The quantitative estimate of drug-likeness (QED) is 0.376. The van der Waals surface area contributed by atoms with E-state index < -0.39 is 0 Å².